The fourth-order valence-electron chi connectivity index (χ4n) is 1.92. The van der Waals surface area contributed by atoms with Crippen LogP contribution in [0.2, 0.25) is 0 Å². The van der Waals surface area contributed by atoms with Crippen LogP contribution in [0.3, 0.4) is 0 Å². The lowest BCUT2D eigenvalue weighted by molar-refractivity contribution is 0.579. The average Bonchev–Trinajstić information content (AvgIpc) is 2.89. The highest BCUT2D eigenvalue weighted by Crippen LogP contribution is 2.47. The van der Waals surface area contributed by atoms with Crippen molar-refractivity contribution in [3.05, 3.63) is 35.4 Å². The Labute approximate surface area is 82.1 Å². The van der Waals surface area contributed by atoms with Crippen molar-refractivity contribution >= 4 is 0 Å². The Morgan fingerprint density at radius 2 is 2.21 bits per heavy atom. The zero-order valence-electron chi connectivity index (χ0n) is 8.06. The lowest BCUT2D eigenvalue weighted by Gasteiger charge is -2.02. The Balaban J connectivity index is 2.14. The second kappa shape index (κ2) is 3.65. The van der Waals surface area contributed by atoms with Gasteiger partial charge in [-0.25, -0.2) is 8.78 Å². The van der Waals surface area contributed by atoms with Crippen molar-refractivity contribution in [3.63, 3.8) is 0 Å². The molecule has 14 heavy (non-hydrogen) atoms. The molecule has 1 saturated carbocycles. The monoisotopic (exact) mass is 197 g/mol. The summed E-state index contributed by atoms with van der Waals surface area (Å²) < 4.78 is 26.2. The lowest BCUT2D eigenvalue weighted by atomic mass is 10.1. The Hall–Kier alpha value is -0.960. The summed E-state index contributed by atoms with van der Waals surface area (Å²) in [5.74, 6) is 0.0426. The fourth-order valence-corrected chi connectivity index (χ4v) is 1.92. The van der Waals surface area contributed by atoms with Gasteiger partial charge in [0.1, 0.15) is 11.6 Å². The van der Waals surface area contributed by atoms with Crippen LogP contribution in [0.4, 0.5) is 8.78 Å². The summed E-state index contributed by atoms with van der Waals surface area (Å²) in [5, 5.41) is 3.05. The van der Waals surface area contributed by atoms with Gasteiger partial charge in [-0.3, -0.25) is 0 Å². The third-order valence-corrected chi connectivity index (χ3v) is 2.75. The normalized spacial score (nSPS) is 25.1. The molecule has 1 nitrogen and oxygen atoms in total. The summed E-state index contributed by atoms with van der Waals surface area (Å²) >= 11 is 0. The van der Waals surface area contributed by atoms with Crippen molar-refractivity contribution in [2.75, 3.05) is 13.6 Å². The highest BCUT2D eigenvalue weighted by atomic mass is 19.1. The van der Waals surface area contributed by atoms with E-state index in [-0.39, 0.29) is 17.6 Å². The van der Waals surface area contributed by atoms with Crippen molar-refractivity contribution in [2.45, 2.75) is 12.3 Å². The summed E-state index contributed by atoms with van der Waals surface area (Å²) in [6.07, 6.45) is 0.960. The molecule has 1 aromatic rings. The summed E-state index contributed by atoms with van der Waals surface area (Å²) in [5.41, 5.74) is 0.533. The highest BCUT2D eigenvalue weighted by Gasteiger charge is 2.39. The molecule has 0 aliphatic heterocycles. The second-order valence-corrected chi connectivity index (χ2v) is 3.83. The van der Waals surface area contributed by atoms with E-state index in [1.165, 1.54) is 12.1 Å². The van der Waals surface area contributed by atoms with Crippen molar-refractivity contribution in [3.8, 4) is 0 Å². The maximum absolute atomic E-state index is 13.3. The van der Waals surface area contributed by atoms with E-state index in [9.17, 15) is 8.78 Å². The van der Waals surface area contributed by atoms with Crippen LogP contribution < -0.4 is 5.32 Å². The lowest BCUT2D eigenvalue weighted by Crippen LogP contribution is -2.10. The molecule has 0 saturated heterocycles. The van der Waals surface area contributed by atoms with Crippen LogP contribution in [0.25, 0.3) is 0 Å². The zero-order chi connectivity index (χ0) is 10.1. The summed E-state index contributed by atoms with van der Waals surface area (Å²) in [6.45, 7) is 0.876. The van der Waals surface area contributed by atoms with E-state index in [1.54, 1.807) is 0 Å². The number of rotatable bonds is 3. The highest BCUT2D eigenvalue weighted by molar-refractivity contribution is 5.28. The molecule has 0 aromatic heterocycles. The van der Waals surface area contributed by atoms with Gasteiger partial charge in [0, 0.05) is 0 Å². The Kier molecular flexibility index (Phi) is 2.50. The predicted octanol–water partition coefficient (Wildman–Crippen LogP) is 2.29. The van der Waals surface area contributed by atoms with Crippen LogP contribution >= 0.6 is 0 Å². The molecule has 1 N–H and O–H groups in total. The van der Waals surface area contributed by atoms with E-state index >= 15 is 0 Å². The number of hydrogen-bond acceptors (Lipinski definition) is 1. The molecule has 2 unspecified atom stereocenters. The second-order valence-electron chi connectivity index (χ2n) is 3.83. The first-order chi connectivity index (χ1) is 6.72. The van der Waals surface area contributed by atoms with Gasteiger partial charge in [0.25, 0.3) is 0 Å². The largest absolute Gasteiger partial charge is 0.319 e. The predicted molar refractivity (Wildman–Crippen MR) is 51.1 cm³/mol. The molecule has 0 heterocycles. The zero-order valence-corrected chi connectivity index (χ0v) is 8.06. The first kappa shape index (κ1) is 9.59. The van der Waals surface area contributed by atoms with Crippen LogP contribution in [-0.4, -0.2) is 13.6 Å². The fraction of sp³-hybridized carbons (Fsp3) is 0.455. The molecule has 2 atom stereocenters. The third-order valence-electron chi connectivity index (χ3n) is 2.75. The minimum Gasteiger partial charge on any atom is -0.319 e. The topological polar surface area (TPSA) is 12.0 Å². The number of nitrogens with one attached hydrogen (secondary N) is 1. The van der Waals surface area contributed by atoms with E-state index in [0.29, 0.717) is 11.5 Å². The summed E-state index contributed by atoms with van der Waals surface area (Å²) in [7, 11) is 1.87. The van der Waals surface area contributed by atoms with Gasteiger partial charge in [0.15, 0.2) is 0 Å². The van der Waals surface area contributed by atoms with Gasteiger partial charge in [0.2, 0.25) is 0 Å². The molecular weight excluding hydrogens is 184 g/mol. The smallest absolute Gasteiger partial charge is 0.126 e. The average molecular weight is 197 g/mol. The Morgan fingerprint density at radius 3 is 2.93 bits per heavy atom. The van der Waals surface area contributed by atoms with E-state index in [0.717, 1.165) is 19.0 Å². The van der Waals surface area contributed by atoms with E-state index in [4.69, 9.17) is 0 Å². The third kappa shape index (κ3) is 1.77. The molecular formula is C11H13F2N. The Bertz CT molecular complexity index is 338. The van der Waals surface area contributed by atoms with Crippen LogP contribution in [0, 0.1) is 17.6 Å². The molecule has 0 bridgehead atoms. The molecule has 0 radical (unpaired) electrons. The molecule has 1 fully saturated rings. The molecule has 1 aliphatic rings. The van der Waals surface area contributed by atoms with Crippen molar-refractivity contribution < 1.29 is 8.78 Å². The minimum atomic E-state index is -0.350. The van der Waals surface area contributed by atoms with Crippen molar-refractivity contribution in [1.82, 2.24) is 5.32 Å². The van der Waals surface area contributed by atoms with Crippen molar-refractivity contribution in [1.29, 1.82) is 0 Å². The SMILES string of the molecule is CNCC1CC1c1cc(F)ccc1F. The van der Waals surface area contributed by atoms with Gasteiger partial charge < -0.3 is 5.32 Å². The molecule has 76 valence electrons. The number of halogens is 2. The van der Waals surface area contributed by atoms with Gasteiger partial charge in [-0.05, 0) is 55.6 Å². The number of benzene rings is 1. The molecule has 3 heteroatoms. The van der Waals surface area contributed by atoms with E-state index in [1.807, 2.05) is 7.05 Å². The molecule has 2 rings (SSSR count). The standard InChI is InChI=1S/C11H13F2N/c1-14-6-7-4-9(7)10-5-8(12)2-3-11(10)13/h2-3,5,7,9,14H,4,6H2,1H3. The first-order valence-electron chi connectivity index (χ1n) is 4.82. The van der Waals surface area contributed by atoms with Crippen LogP contribution in [-0.2, 0) is 0 Å². The summed E-state index contributed by atoms with van der Waals surface area (Å²) in [4.78, 5) is 0. The van der Waals surface area contributed by atoms with Crippen LogP contribution in [0.5, 0.6) is 0 Å². The molecule has 0 spiro atoms. The van der Waals surface area contributed by atoms with Crippen molar-refractivity contribution in [2.24, 2.45) is 5.92 Å². The number of hydrogen-bond donors (Lipinski definition) is 1. The van der Waals surface area contributed by atoms with Gasteiger partial charge in [-0.2, -0.15) is 0 Å². The minimum absolute atomic E-state index is 0.207. The maximum atomic E-state index is 13.3. The van der Waals surface area contributed by atoms with E-state index in [2.05, 4.69) is 5.32 Å². The Morgan fingerprint density at radius 1 is 1.43 bits per heavy atom. The van der Waals surface area contributed by atoms with Gasteiger partial charge >= 0.3 is 0 Å². The quantitative estimate of drug-likeness (QED) is 0.784. The molecule has 0 amide bonds. The summed E-state index contributed by atoms with van der Waals surface area (Å²) in [6, 6.07) is 3.68. The molecule has 1 aliphatic carbocycles. The van der Waals surface area contributed by atoms with Gasteiger partial charge in [-0.1, -0.05) is 0 Å². The van der Waals surface area contributed by atoms with Crippen LogP contribution in [0.15, 0.2) is 18.2 Å². The maximum Gasteiger partial charge on any atom is 0.126 e. The van der Waals surface area contributed by atoms with Crippen LogP contribution in [0.1, 0.15) is 17.9 Å². The van der Waals surface area contributed by atoms with Gasteiger partial charge in [0.05, 0.1) is 0 Å². The van der Waals surface area contributed by atoms with Gasteiger partial charge in [-0.15, -0.1) is 0 Å². The van der Waals surface area contributed by atoms with E-state index < -0.39 is 0 Å². The molecule has 1 aromatic carbocycles. The first-order valence-corrected chi connectivity index (χ1v) is 4.82.